The Balaban J connectivity index is 0.000000368. The third-order valence-corrected chi connectivity index (χ3v) is 7.70. The third kappa shape index (κ3) is 18.3. The lowest BCUT2D eigenvalue weighted by atomic mass is 10.2. The Bertz CT molecular complexity index is 1560. The van der Waals surface area contributed by atoms with Gasteiger partial charge in [0.05, 0.1) is 0 Å². The fourth-order valence-corrected chi connectivity index (χ4v) is 4.86. The highest BCUT2D eigenvalue weighted by Crippen LogP contribution is 2.21. The lowest BCUT2D eigenvalue weighted by molar-refractivity contribution is -0.148. The molecule has 0 aliphatic heterocycles. The van der Waals surface area contributed by atoms with Crippen molar-refractivity contribution in [2.45, 2.75) is 58.0 Å². The van der Waals surface area contributed by atoms with E-state index >= 15 is 0 Å². The highest BCUT2D eigenvalue weighted by Gasteiger charge is 2.19. The molecule has 0 unspecified atom stereocenters. The number of unbranched alkanes of at least 4 members (excludes halogenated alkanes) is 4. The van der Waals surface area contributed by atoms with Gasteiger partial charge in [-0.3, -0.25) is 9.59 Å². The van der Waals surface area contributed by atoms with Gasteiger partial charge in [-0.1, -0.05) is 99.3 Å². The van der Waals surface area contributed by atoms with Crippen LogP contribution in [0.25, 0.3) is 0 Å². The maximum atomic E-state index is 12.3. The second kappa shape index (κ2) is 25.4. The Hall–Kier alpha value is -4.56. The number of ether oxygens (including phenoxy) is 5. The molecule has 14 heteroatoms. The van der Waals surface area contributed by atoms with Crippen LogP contribution in [0.1, 0.15) is 77.6 Å². The lowest BCUT2D eigenvalue weighted by Gasteiger charge is -2.10. The number of benzene rings is 3. The minimum Gasteiger partial charge on any atom is -0.479 e. The number of esters is 5. The van der Waals surface area contributed by atoms with Crippen molar-refractivity contribution in [3.8, 4) is 11.5 Å². The molecule has 0 bridgehead atoms. The van der Waals surface area contributed by atoms with Crippen molar-refractivity contribution in [3.05, 3.63) is 95.6 Å². The molecule has 0 saturated carbocycles. The molecule has 3 rings (SSSR count). The lowest BCUT2D eigenvalue weighted by Crippen LogP contribution is -2.18. The number of carbonyl (C=O) groups is 6. The number of carbonyl (C=O) groups excluding carboxylic acids is 5. The van der Waals surface area contributed by atoms with E-state index in [1.165, 1.54) is 24.3 Å². The van der Waals surface area contributed by atoms with Gasteiger partial charge in [0.1, 0.15) is 29.2 Å². The largest absolute Gasteiger partial charge is 0.479 e. The van der Waals surface area contributed by atoms with E-state index in [4.69, 9.17) is 24.1 Å². The average molecular weight is 837 g/mol. The smallest absolute Gasteiger partial charge is 0.344 e. The molecule has 0 fully saturated rings. The average Bonchev–Trinajstić information content (AvgIpc) is 3.13. The van der Waals surface area contributed by atoms with Crippen LogP contribution >= 0.6 is 31.9 Å². The van der Waals surface area contributed by atoms with E-state index in [0.29, 0.717) is 12.8 Å². The highest BCUT2D eigenvalue weighted by molar-refractivity contribution is 9.09. The molecule has 1 N–H and O–H groups in total. The minimum atomic E-state index is -1.25. The van der Waals surface area contributed by atoms with Crippen LogP contribution in [0.3, 0.4) is 0 Å². The number of aliphatic carboxylic acids is 1. The van der Waals surface area contributed by atoms with Gasteiger partial charge in [-0.25, -0.2) is 19.2 Å². The Morgan fingerprint density at radius 1 is 0.510 bits per heavy atom. The van der Waals surface area contributed by atoms with Crippen LogP contribution in [0.2, 0.25) is 0 Å². The number of carboxylic acids is 1. The van der Waals surface area contributed by atoms with Gasteiger partial charge in [0.2, 0.25) is 0 Å². The number of hydrogen-bond acceptors (Lipinski definition) is 11. The molecular weight excluding hydrogens is 796 g/mol. The van der Waals surface area contributed by atoms with Crippen LogP contribution in [0.15, 0.2) is 78.9 Å². The summed E-state index contributed by atoms with van der Waals surface area (Å²) in [5, 5.41) is 10.3. The minimum absolute atomic E-state index is 0.0255. The van der Waals surface area contributed by atoms with Crippen LogP contribution < -0.4 is 9.47 Å². The summed E-state index contributed by atoms with van der Waals surface area (Å²) in [5.74, 6) is -4.19. The SMILES string of the molecule is O=C(COC(=O)c1ccccc1OC(=O)CCCCCBr)OCc1ccccc1.O=C(O)COC(=O)c1ccccc1OC(=O)CCCCCBr. The van der Waals surface area contributed by atoms with Crippen molar-refractivity contribution in [3.63, 3.8) is 0 Å². The van der Waals surface area contributed by atoms with Crippen LogP contribution in [-0.2, 0) is 40.0 Å². The number of para-hydroxylation sites is 2. The molecule has 274 valence electrons. The zero-order valence-corrected chi connectivity index (χ0v) is 31.1. The number of carboxylic acid groups (broad SMARTS) is 1. The number of rotatable bonds is 20. The molecule has 0 aliphatic rings. The summed E-state index contributed by atoms with van der Waals surface area (Å²) in [6.07, 6.45) is 5.72. The molecule has 0 aromatic heterocycles. The van der Waals surface area contributed by atoms with E-state index in [-0.39, 0.29) is 42.1 Å². The van der Waals surface area contributed by atoms with Crippen molar-refractivity contribution in [2.75, 3.05) is 23.9 Å². The maximum Gasteiger partial charge on any atom is 0.344 e. The predicted octanol–water partition coefficient (Wildman–Crippen LogP) is 7.24. The number of hydrogen-bond donors (Lipinski definition) is 1. The van der Waals surface area contributed by atoms with Crippen LogP contribution in [-0.4, -0.2) is 64.8 Å². The first-order valence-corrected chi connectivity index (χ1v) is 18.4. The normalized spacial score (nSPS) is 10.2. The molecule has 3 aromatic carbocycles. The Kier molecular flexibility index (Phi) is 21.2. The molecule has 0 aliphatic carbocycles. The molecule has 3 aromatic rings. The molecule has 0 saturated heterocycles. The second-order valence-electron chi connectivity index (χ2n) is 10.6. The van der Waals surface area contributed by atoms with Crippen molar-refractivity contribution in [1.82, 2.24) is 0 Å². The maximum absolute atomic E-state index is 12.3. The summed E-state index contributed by atoms with van der Waals surface area (Å²) < 4.78 is 25.1. The molecule has 0 amide bonds. The summed E-state index contributed by atoms with van der Waals surface area (Å²) in [5.41, 5.74) is 0.940. The molecule has 0 spiro atoms. The summed E-state index contributed by atoms with van der Waals surface area (Å²) in [7, 11) is 0. The quantitative estimate of drug-likeness (QED) is 0.0399. The van der Waals surface area contributed by atoms with E-state index in [1.807, 2.05) is 30.3 Å². The van der Waals surface area contributed by atoms with Crippen LogP contribution in [0.4, 0.5) is 0 Å². The summed E-state index contributed by atoms with van der Waals surface area (Å²) >= 11 is 6.65. The molecule has 12 nitrogen and oxygen atoms in total. The fraction of sp³-hybridized carbons (Fsp3) is 0.351. The van der Waals surface area contributed by atoms with Crippen LogP contribution in [0, 0.1) is 0 Å². The first kappa shape index (κ1) is 42.6. The first-order valence-electron chi connectivity index (χ1n) is 16.1. The third-order valence-electron chi connectivity index (χ3n) is 6.58. The van der Waals surface area contributed by atoms with E-state index in [2.05, 4.69) is 36.6 Å². The molecule has 0 atom stereocenters. The summed E-state index contributed by atoms with van der Waals surface area (Å²) in [6, 6.07) is 21.5. The van der Waals surface area contributed by atoms with Gasteiger partial charge in [-0.05, 0) is 55.5 Å². The standard InChI is InChI=1S/C22H23BrO6.C15H17BrO6/c23-14-8-2-5-13-20(24)29-19-12-7-6-11-18(19)22(26)28-16-21(25)27-15-17-9-3-1-4-10-17;16-9-5-1-2-8-14(19)22-12-7-4-3-6-11(12)15(20)21-10-13(17)18/h1,3-4,6-7,9-12H,2,5,8,13-16H2;3-4,6-7H,1-2,5,8-10H2,(H,17,18). The van der Waals surface area contributed by atoms with Crippen LogP contribution in [0.5, 0.6) is 11.5 Å². The van der Waals surface area contributed by atoms with Crippen molar-refractivity contribution >= 4 is 67.7 Å². The van der Waals surface area contributed by atoms with Crippen molar-refractivity contribution in [1.29, 1.82) is 0 Å². The monoisotopic (exact) mass is 834 g/mol. The molecule has 0 heterocycles. The molecule has 0 radical (unpaired) electrons. The van der Waals surface area contributed by atoms with Gasteiger partial charge in [0, 0.05) is 23.5 Å². The van der Waals surface area contributed by atoms with Gasteiger partial charge < -0.3 is 28.8 Å². The Morgan fingerprint density at radius 3 is 1.43 bits per heavy atom. The highest BCUT2D eigenvalue weighted by atomic mass is 79.9. The zero-order valence-electron chi connectivity index (χ0n) is 27.9. The fourth-order valence-electron chi connectivity index (χ4n) is 4.06. The Labute approximate surface area is 313 Å². The Morgan fingerprint density at radius 2 is 0.961 bits per heavy atom. The van der Waals surface area contributed by atoms with Gasteiger partial charge in [-0.2, -0.15) is 0 Å². The van der Waals surface area contributed by atoms with Gasteiger partial charge in [0.25, 0.3) is 0 Å². The van der Waals surface area contributed by atoms with E-state index < -0.39 is 49.0 Å². The second-order valence-corrected chi connectivity index (χ2v) is 12.2. The van der Waals surface area contributed by atoms with Crippen molar-refractivity contribution < 1.29 is 57.6 Å². The van der Waals surface area contributed by atoms with Crippen molar-refractivity contribution in [2.24, 2.45) is 0 Å². The van der Waals surface area contributed by atoms with Gasteiger partial charge >= 0.3 is 35.8 Å². The molecule has 51 heavy (non-hydrogen) atoms. The summed E-state index contributed by atoms with van der Waals surface area (Å²) in [6.45, 7) is -1.17. The van der Waals surface area contributed by atoms with E-state index in [1.54, 1.807) is 24.3 Å². The number of alkyl halides is 2. The van der Waals surface area contributed by atoms with Gasteiger partial charge in [0.15, 0.2) is 13.2 Å². The van der Waals surface area contributed by atoms with Gasteiger partial charge in [-0.15, -0.1) is 0 Å². The first-order chi connectivity index (χ1) is 24.6. The molecular formula is C37H40Br2O12. The summed E-state index contributed by atoms with van der Waals surface area (Å²) in [4.78, 5) is 70.0. The zero-order chi connectivity index (χ0) is 37.3. The topological polar surface area (TPSA) is 169 Å². The van der Waals surface area contributed by atoms with E-state index in [9.17, 15) is 28.8 Å². The predicted molar refractivity (Wildman–Crippen MR) is 193 cm³/mol. The number of halogens is 2. The van der Waals surface area contributed by atoms with E-state index in [0.717, 1.165) is 41.9 Å².